The predicted octanol–water partition coefficient (Wildman–Crippen LogP) is 4.32. The van der Waals surface area contributed by atoms with Crippen LogP contribution in [0.1, 0.15) is 26.2 Å². The molecule has 0 radical (unpaired) electrons. The molecule has 0 aliphatic carbocycles. The van der Waals surface area contributed by atoms with E-state index in [4.69, 9.17) is 28.3 Å². The van der Waals surface area contributed by atoms with Crippen LogP contribution >= 0.6 is 35.0 Å². The third-order valence-electron chi connectivity index (χ3n) is 3.25. The summed E-state index contributed by atoms with van der Waals surface area (Å²) in [4.78, 5) is 12.1. The van der Waals surface area contributed by atoms with Crippen LogP contribution in [0.25, 0.3) is 0 Å². The van der Waals surface area contributed by atoms with Crippen LogP contribution in [0.3, 0.4) is 0 Å². The summed E-state index contributed by atoms with van der Waals surface area (Å²) in [5.74, 6) is 0.0741. The van der Waals surface area contributed by atoms with Gasteiger partial charge in [-0.25, -0.2) is 0 Å². The molecule has 1 aromatic carbocycles. The van der Waals surface area contributed by atoms with E-state index < -0.39 is 11.5 Å². The Labute approximate surface area is 134 Å². The third kappa shape index (κ3) is 5.17. The summed E-state index contributed by atoms with van der Waals surface area (Å²) in [5.41, 5.74) is -0.849. The number of thioether (sulfide) groups is 1. The number of likely N-dealkylation sites (N-methyl/N-ethyl adjacent to an activating group) is 1. The number of carbonyl (C=O) groups is 1. The van der Waals surface area contributed by atoms with Crippen LogP contribution in [0.2, 0.25) is 10.0 Å². The molecule has 0 fully saturated rings. The van der Waals surface area contributed by atoms with Gasteiger partial charge in [0.25, 0.3) is 0 Å². The van der Waals surface area contributed by atoms with Gasteiger partial charge in [-0.3, -0.25) is 4.79 Å². The lowest BCUT2D eigenvalue weighted by molar-refractivity contribution is -0.144. The molecule has 0 aliphatic rings. The monoisotopic (exact) mass is 335 g/mol. The zero-order chi connectivity index (χ0) is 15.2. The molecule has 0 saturated heterocycles. The van der Waals surface area contributed by atoms with Gasteiger partial charge in [-0.2, -0.15) is 0 Å². The number of carboxylic acid groups (broad SMARTS) is 1. The summed E-state index contributed by atoms with van der Waals surface area (Å²) in [6.07, 6.45) is 2.37. The molecule has 0 amide bonds. The van der Waals surface area contributed by atoms with Crippen LogP contribution in [0.15, 0.2) is 23.1 Å². The maximum Gasteiger partial charge on any atom is 0.323 e. The standard InChI is InChI=1S/C14H19Cl2NO2S/c1-14(17-2,13(18)19)7-3-4-8-20-12-9-10(15)5-6-11(12)16/h5-6,9,17H,3-4,7-8H2,1-2H3,(H,18,19). The van der Waals surface area contributed by atoms with E-state index in [-0.39, 0.29) is 0 Å². The van der Waals surface area contributed by atoms with Crippen molar-refractivity contribution in [3.8, 4) is 0 Å². The number of hydrogen-bond donors (Lipinski definition) is 2. The Balaban J connectivity index is 2.35. The molecule has 0 heterocycles. The SMILES string of the molecule is CNC(C)(CCCCSc1cc(Cl)ccc1Cl)C(=O)O. The van der Waals surface area contributed by atoms with Crippen molar-refractivity contribution in [2.24, 2.45) is 0 Å². The minimum absolute atomic E-state index is 0.600. The molecule has 3 nitrogen and oxygen atoms in total. The van der Waals surface area contributed by atoms with Gasteiger partial charge >= 0.3 is 5.97 Å². The molecule has 1 rings (SSSR count). The van der Waals surface area contributed by atoms with Gasteiger partial charge < -0.3 is 10.4 Å². The second-order valence-corrected chi connectivity index (χ2v) is 6.75. The van der Waals surface area contributed by atoms with E-state index in [1.54, 1.807) is 37.9 Å². The van der Waals surface area contributed by atoms with Crippen molar-refractivity contribution in [2.75, 3.05) is 12.8 Å². The zero-order valence-corrected chi connectivity index (χ0v) is 13.9. The Kier molecular flexibility index (Phi) is 7.17. The van der Waals surface area contributed by atoms with Gasteiger partial charge in [0.2, 0.25) is 0 Å². The van der Waals surface area contributed by atoms with Gasteiger partial charge in [-0.15, -0.1) is 11.8 Å². The molecule has 6 heteroatoms. The number of halogens is 2. The summed E-state index contributed by atoms with van der Waals surface area (Å²) in [7, 11) is 1.68. The summed E-state index contributed by atoms with van der Waals surface area (Å²) in [6, 6.07) is 5.40. The van der Waals surface area contributed by atoms with E-state index in [1.165, 1.54) is 0 Å². The largest absolute Gasteiger partial charge is 0.480 e. The van der Waals surface area contributed by atoms with Crippen molar-refractivity contribution in [1.82, 2.24) is 5.32 Å². The Morgan fingerprint density at radius 2 is 2.10 bits per heavy atom. The molecule has 0 saturated carbocycles. The summed E-state index contributed by atoms with van der Waals surface area (Å²) in [6.45, 7) is 1.70. The van der Waals surface area contributed by atoms with Crippen molar-refractivity contribution in [3.05, 3.63) is 28.2 Å². The molecular formula is C14H19Cl2NO2S. The molecule has 0 aromatic heterocycles. The number of unbranched alkanes of at least 4 members (excludes halogenated alkanes) is 1. The van der Waals surface area contributed by atoms with Gasteiger partial charge in [0.05, 0.1) is 5.02 Å². The second-order valence-electron chi connectivity index (χ2n) is 4.77. The highest BCUT2D eigenvalue weighted by molar-refractivity contribution is 7.99. The normalized spacial score (nSPS) is 14.0. The maximum atomic E-state index is 11.1. The molecule has 1 unspecified atom stereocenters. The predicted molar refractivity (Wildman–Crippen MR) is 86.1 cm³/mol. The Bertz CT molecular complexity index is 470. The number of hydrogen-bond acceptors (Lipinski definition) is 3. The van der Waals surface area contributed by atoms with Crippen molar-refractivity contribution < 1.29 is 9.90 Å². The van der Waals surface area contributed by atoms with E-state index in [0.717, 1.165) is 23.5 Å². The lowest BCUT2D eigenvalue weighted by Crippen LogP contribution is -2.47. The summed E-state index contributed by atoms with van der Waals surface area (Å²) < 4.78 is 0. The molecule has 112 valence electrons. The van der Waals surface area contributed by atoms with E-state index in [0.29, 0.717) is 16.5 Å². The van der Waals surface area contributed by atoms with Gasteiger partial charge in [-0.05, 0) is 50.8 Å². The number of nitrogens with one attached hydrogen (secondary N) is 1. The minimum Gasteiger partial charge on any atom is -0.480 e. The highest BCUT2D eigenvalue weighted by atomic mass is 35.5. The van der Waals surface area contributed by atoms with Crippen LogP contribution in [0, 0.1) is 0 Å². The van der Waals surface area contributed by atoms with Crippen LogP contribution in [0.5, 0.6) is 0 Å². The van der Waals surface area contributed by atoms with Crippen molar-refractivity contribution in [3.63, 3.8) is 0 Å². The first kappa shape index (κ1) is 17.6. The average molecular weight is 336 g/mol. The Hall–Kier alpha value is -0.420. The number of benzene rings is 1. The van der Waals surface area contributed by atoms with E-state index >= 15 is 0 Å². The molecule has 2 N–H and O–H groups in total. The quantitative estimate of drug-likeness (QED) is 0.548. The summed E-state index contributed by atoms with van der Waals surface area (Å²) >= 11 is 13.6. The molecule has 1 aromatic rings. The van der Waals surface area contributed by atoms with E-state index in [2.05, 4.69) is 5.32 Å². The fraction of sp³-hybridized carbons (Fsp3) is 0.500. The summed E-state index contributed by atoms with van der Waals surface area (Å²) in [5, 5.41) is 13.4. The Morgan fingerprint density at radius 1 is 1.40 bits per heavy atom. The topological polar surface area (TPSA) is 49.3 Å². The smallest absolute Gasteiger partial charge is 0.323 e. The lowest BCUT2D eigenvalue weighted by Gasteiger charge is -2.23. The van der Waals surface area contributed by atoms with Gasteiger partial charge in [0, 0.05) is 9.92 Å². The maximum absolute atomic E-state index is 11.1. The van der Waals surface area contributed by atoms with E-state index in [9.17, 15) is 4.79 Å². The fourth-order valence-electron chi connectivity index (χ4n) is 1.69. The van der Waals surface area contributed by atoms with Crippen LogP contribution in [-0.4, -0.2) is 29.4 Å². The minimum atomic E-state index is -0.849. The van der Waals surface area contributed by atoms with Gasteiger partial charge in [0.1, 0.15) is 5.54 Å². The fourth-order valence-corrected chi connectivity index (χ4v) is 3.19. The van der Waals surface area contributed by atoms with Crippen molar-refractivity contribution in [2.45, 2.75) is 36.6 Å². The second kappa shape index (κ2) is 8.13. The van der Waals surface area contributed by atoms with Crippen LogP contribution in [-0.2, 0) is 4.79 Å². The first-order valence-electron chi connectivity index (χ1n) is 6.39. The Morgan fingerprint density at radius 3 is 2.70 bits per heavy atom. The van der Waals surface area contributed by atoms with E-state index in [1.807, 2.05) is 6.07 Å². The van der Waals surface area contributed by atoms with Crippen molar-refractivity contribution >= 4 is 40.9 Å². The average Bonchev–Trinajstić information content (AvgIpc) is 2.41. The van der Waals surface area contributed by atoms with Crippen molar-refractivity contribution in [1.29, 1.82) is 0 Å². The zero-order valence-electron chi connectivity index (χ0n) is 11.6. The number of carboxylic acids is 1. The number of rotatable bonds is 8. The first-order valence-corrected chi connectivity index (χ1v) is 8.13. The molecular weight excluding hydrogens is 317 g/mol. The molecule has 0 aliphatic heterocycles. The third-order valence-corrected chi connectivity index (χ3v) is 5.06. The lowest BCUT2D eigenvalue weighted by atomic mass is 9.95. The first-order chi connectivity index (χ1) is 9.39. The van der Waals surface area contributed by atoms with Crippen LogP contribution < -0.4 is 5.32 Å². The molecule has 0 spiro atoms. The van der Waals surface area contributed by atoms with Gasteiger partial charge in [0.15, 0.2) is 0 Å². The molecule has 1 atom stereocenters. The van der Waals surface area contributed by atoms with Gasteiger partial charge in [-0.1, -0.05) is 29.6 Å². The number of aliphatic carboxylic acids is 1. The molecule has 20 heavy (non-hydrogen) atoms. The highest BCUT2D eigenvalue weighted by Gasteiger charge is 2.29. The highest BCUT2D eigenvalue weighted by Crippen LogP contribution is 2.30. The van der Waals surface area contributed by atoms with Crippen LogP contribution in [0.4, 0.5) is 0 Å². The molecule has 0 bridgehead atoms.